The predicted molar refractivity (Wildman–Crippen MR) is 104 cm³/mol. The fourth-order valence-electron chi connectivity index (χ4n) is 2.47. The first-order valence-corrected chi connectivity index (χ1v) is 9.82. The molecule has 7 nitrogen and oxygen atoms in total. The molecule has 8 heteroatoms. The summed E-state index contributed by atoms with van der Waals surface area (Å²) in [5, 5.41) is 2.71. The van der Waals surface area contributed by atoms with Gasteiger partial charge in [-0.2, -0.15) is 0 Å². The van der Waals surface area contributed by atoms with Crippen molar-refractivity contribution in [2.45, 2.75) is 24.8 Å². The predicted octanol–water partition coefficient (Wildman–Crippen LogP) is 2.57. The molecule has 0 bridgehead atoms. The summed E-state index contributed by atoms with van der Waals surface area (Å²) in [5.41, 5.74) is 1.77. The molecule has 0 saturated carbocycles. The van der Waals surface area contributed by atoms with E-state index in [1.165, 1.54) is 32.4 Å². The topological polar surface area (TPSA) is 93.7 Å². The number of hydrogen-bond acceptors (Lipinski definition) is 5. The van der Waals surface area contributed by atoms with E-state index in [0.29, 0.717) is 11.3 Å². The van der Waals surface area contributed by atoms with E-state index in [9.17, 15) is 13.2 Å². The third-order valence-electron chi connectivity index (χ3n) is 3.82. The highest BCUT2D eigenvalue weighted by molar-refractivity contribution is 7.89. The van der Waals surface area contributed by atoms with E-state index in [2.05, 4.69) is 10.0 Å². The zero-order valence-corrected chi connectivity index (χ0v) is 16.6. The zero-order chi connectivity index (χ0) is 20.0. The Morgan fingerprint density at radius 3 is 2.37 bits per heavy atom. The van der Waals surface area contributed by atoms with Gasteiger partial charge in [0.2, 0.25) is 10.0 Å². The lowest BCUT2D eigenvalue weighted by atomic mass is 10.1. The van der Waals surface area contributed by atoms with Crippen LogP contribution in [0, 0.1) is 6.92 Å². The van der Waals surface area contributed by atoms with E-state index in [-0.39, 0.29) is 23.1 Å². The maximum absolute atomic E-state index is 12.5. The van der Waals surface area contributed by atoms with Crippen LogP contribution in [-0.4, -0.2) is 41.2 Å². The van der Waals surface area contributed by atoms with E-state index in [0.717, 1.165) is 5.56 Å². The van der Waals surface area contributed by atoms with Gasteiger partial charge in [0.25, 0.3) is 5.91 Å². The number of anilines is 1. The Hall–Kier alpha value is -2.42. The fraction of sp³-hybridized carbons (Fsp3) is 0.316. The van der Waals surface area contributed by atoms with Gasteiger partial charge < -0.3 is 14.8 Å². The van der Waals surface area contributed by atoms with E-state index < -0.39 is 16.1 Å². The van der Waals surface area contributed by atoms with Gasteiger partial charge in [0.1, 0.15) is 5.75 Å². The number of rotatable bonds is 8. The van der Waals surface area contributed by atoms with Gasteiger partial charge in [-0.25, -0.2) is 13.1 Å². The number of nitrogens with one attached hydrogen (secondary N) is 2. The summed E-state index contributed by atoms with van der Waals surface area (Å²) in [6.45, 7) is 3.87. The van der Waals surface area contributed by atoms with Crippen molar-refractivity contribution in [3.05, 3.63) is 53.6 Å². The van der Waals surface area contributed by atoms with Gasteiger partial charge >= 0.3 is 0 Å². The summed E-state index contributed by atoms with van der Waals surface area (Å²) in [6.07, 6.45) is 0. The summed E-state index contributed by atoms with van der Waals surface area (Å²) < 4.78 is 37.8. The minimum atomic E-state index is -3.77. The summed E-state index contributed by atoms with van der Waals surface area (Å²) in [6, 6.07) is 10.9. The molecule has 0 fully saturated rings. The Bertz CT molecular complexity index is 895. The van der Waals surface area contributed by atoms with Crippen molar-refractivity contribution >= 4 is 21.6 Å². The number of benzene rings is 2. The van der Waals surface area contributed by atoms with Gasteiger partial charge in [0, 0.05) is 18.7 Å². The van der Waals surface area contributed by atoms with Crippen molar-refractivity contribution in [3.8, 4) is 5.75 Å². The van der Waals surface area contributed by atoms with Gasteiger partial charge in [-0.15, -0.1) is 0 Å². The van der Waals surface area contributed by atoms with Crippen LogP contribution < -0.4 is 14.8 Å². The third kappa shape index (κ3) is 5.53. The summed E-state index contributed by atoms with van der Waals surface area (Å²) in [4.78, 5) is 12.5. The van der Waals surface area contributed by atoms with Crippen LogP contribution in [0.25, 0.3) is 0 Å². The number of amides is 1. The summed E-state index contributed by atoms with van der Waals surface area (Å²) in [5.74, 6) is 0.00269. The van der Waals surface area contributed by atoms with Gasteiger partial charge in [-0.1, -0.05) is 17.7 Å². The van der Waals surface area contributed by atoms with Crippen LogP contribution in [0.15, 0.2) is 47.4 Å². The monoisotopic (exact) mass is 392 g/mol. The van der Waals surface area contributed by atoms with Crippen molar-refractivity contribution in [1.82, 2.24) is 4.72 Å². The second-order valence-corrected chi connectivity index (χ2v) is 7.87. The molecule has 2 rings (SSSR count). The lowest BCUT2D eigenvalue weighted by Gasteiger charge is -2.15. The molecular weight excluding hydrogens is 368 g/mol. The van der Waals surface area contributed by atoms with Gasteiger partial charge in [0.05, 0.1) is 24.3 Å². The highest BCUT2D eigenvalue weighted by Crippen LogP contribution is 2.28. The first kappa shape index (κ1) is 20.9. The van der Waals surface area contributed by atoms with Crippen molar-refractivity contribution in [2.24, 2.45) is 0 Å². The molecule has 146 valence electrons. The molecule has 2 N–H and O–H groups in total. The van der Waals surface area contributed by atoms with Crippen LogP contribution in [0.5, 0.6) is 5.75 Å². The van der Waals surface area contributed by atoms with Crippen molar-refractivity contribution in [2.75, 3.05) is 26.1 Å². The molecule has 1 amide bonds. The van der Waals surface area contributed by atoms with Crippen LogP contribution in [0.3, 0.4) is 0 Å². The van der Waals surface area contributed by atoms with Crippen LogP contribution in [0.1, 0.15) is 22.8 Å². The highest BCUT2D eigenvalue weighted by Gasteiger charge is 2.20. The summed E-state index contributed by atoms with van der Waals surface area (Å²) in [7, 11) is -0.827. The molecular formula is C19H24N2O5S. The number of ether oxygens (including phenoxy) is 2. The van der Waals surface area contributed by atoms with Crippen LogP contribution >= 0.6 is 0 Å². The van der Waals surface area contributed by atoms with Gasteiger partial charge in [-0.05, 0) is 44.2 Å². The van der Waals surface area contributed by atoms with Crippen LogP contribution in [0.4, 0.5) is 5.69 Å². The number of hydrogen-bond donors (Lipinski definition) is 2. The average molecular weight is 392 g/mol. The largest absolute Gasteiger partial charge is 0.495 e. The Kier molecular flexibility index (Phi) is 6.95. The standard InChI is InChI=1S/C19H24N2O5S/c1-13-5-7-15(8-6-13)19(22)20-17-11-16(9-10-18(17)26-4)27(23,24)21-14(2)12-25-3/h5-11,14,21H,12H2,1-4H3,(H,20,22)/t14-/m1/s1. The molecule has 0 saturated heterocycles. The Morgan fingerprint density at radius 1 is 1.11 bits per heavy atom. The molecule has 0 unspecified atom stereocenters. The second kappa shape index (κ2) is 8.98. The van der Waals surface area contributed by atoms with Crippen molar-refractivity contribution < 1.29 is 22.7 Å². The van der Waals surface area contributed by atoms with E-state index in [4.69, 9.17) is 9.47 Å². The summed E-state index contributed by atoms with van der Waals surface area (Å²) >= 11 is 0. The van der Waals surface area contributed by atoms with Gasteiger partial charge in [0.15, 0.2) is 0 Å². The molecule has 0 radical (unpaired) electrons. The zero-order valence-electron chi connectivity index (χ0n) is 15.8. The molecule has 2 aromatic rings. The molecule has 2 aromatic carbocycles. The lowest BCUT2D eigenvalue weighted by Crippen LogP contribution is -2.35. The van der Waals surface area contributed by atoms with Crippen molar-refractivity contribution in [3.63, 3.8) is 0 Å². The van der Waals surface area contributed by atoms with Crippen LogP contribution in [0.2, 0.25) is 0 Å². The first-order chi connectivity index (χ1) is 12.8. The molecule has 0 spiro atoms. The quantitative estimate of drug-likeness (QED) is 0.720. The van der Waals surface area contributed by atoms with Gasteiger partial charge in [-0.3, -0.25) is 4.79 Å². The number of aryl methyl sites for hydroxylation is 1. The minimum Gasteiger partial charge on any atom is -0.495 e. The third-order valence-corrected chi connectivity index (χ3v) is 5.40. The number of sulfonamides is 1. The maximum Gasteiger partial charge on any atom is 0.255 e. The molecule has 0 aliphatic carbocycles. The van der Waals surface area contributed by atoms with E-state index in [1.807, 2.05) is 19.1 Å². The Morgan fingerprint density at radius 2 is 1.78 bits per heavy atom. The molecule has 0 heterocycles. The Balaban J connectivity index is 2.29. The minimum absolute atomic E-state index is 0.0189. The number of carbonyl (C=O) groups is 1. The maximum atomic E-state index is 12.5. The fourth-order valence-corrected chi connectivity index (χ4v) is 3.72. The lowest BCUT2D eigenvalue weighted by molar-refractivity contribution is 0.102. The normalized spacial score (nSPS) is 12.4. The SMILES string of the molecule is COC[C@@H](C)NS(=O)(=O)c1ccc(OC)c(NC(=O)c2ccc(C)cc2)c1. The first-order valence-electron chi connectivity index (χ1n) is 8.34. The number of carbonyl (C=O) groups excluding carboxylic acids is 1. The highest BCUT2D eigenvalue weighted by atomic mass is 32.2. The molecule has 1 atom stereocenters. The Labute approximate surface area is 159 Å². The van der Waals surface area contributed by atoms with Crippen molar-refractivity contribution in [1.29, 1.82) is 0 Å². The van der Waals surface area contributed by atoms with E-state index in [1.54, 1.807) is 19.1 Å². The second-order valence-electron chi connectivity index (χ2n) is 6.16. The smallest absolute Gasteiger partial charge is 0.255 e. The average Bonchev–Trinajstić information content (AvgIpc) is 2.62. The molecule has 27 heavy (non-hydrogen) atoms. The van der Waals surface area contributed by atoms with E-state index >= 15 is 0 Å². The molecule has 0 aliphatic rings. The molecule has 0 aliphatic heterocycles. The molecule has 0 aromatic heterocycles. The number of methoxy groups -OCH3 is 2. The van der Waals surface area contributed by atoms with Crippen LogP contribution in [-0.2, 0) is 14.8 Å².